The second-order valence-electron chi connectivity index (χ2n) is 7.97. The van der Waals surface area contributed by atoms with Gasteiger partial charge in [0.05, 0.1) is 23.4 Å². The summed E-state index contributed by atoms with van der Waals surface area (Å²) in [6.45, 7) is 1.72. The molecule has 0 spiro atoms. The van der Waals surface area contributed by atoms with E-state index in [1.54, 1.807) is 38.3 Å². The second kappa shape index (κ2) is 10.8. The average Bonchev–Trinajstić information content (AvgIpc) is 3.22. The van der Waals surface area contributed by atoms with Gasteiger partial charge in [-0.2, -0.15) is 5.10 Å². The van der Waals surface area contributed by atoms with E-state index in [4.69, 9.17) is 32.4 Å². The number of methoxy groups -OCH3 is 1. The van der Waals surface area contributed by atoms with Gasteiger partial charge in [0.1, 0.15) is 11.5 Å². The van der Waals surface area contributed by atoms with Crippen molar-refractivity contribution in [2.24, 2.45) is 5.10 Å². The Morgan fingerprint density at radius 3 is 2.39 bits per heavy atom. The summed E-state index contributed by atoms with van der Waals surface area (Å²) in [4.78, 5) is 37.7. The van der Waals surface area contributed by atoms with Crippen LogP contribution < -0.4 is 21.0 Å². The number of nitrogens with one attached hydrogen (secondary N) is 3. The van der Waals surface area contributed by atoms with Crippen molar-refractivity contribution in [3.05, 3.63) is 86.3 Å². The first-order valence-corrected chi connectivity index (χ1v) is 11.7. The molecule has 186 valence electrons. The van der Waals surface area contributed by atoms with Gasteiger partial charge in [-0.3, -0.25) is 25.2 Å². The summed E-state index contributed by atoms with van der Waals surface area (Å²) in [5.74, 6) is -0.349. The van der Waals surface area contributed by atoms with Gasteiger partial charge in [-0.25, -0.2) is 5.43 Å². The lowest BCUT2D eigenvalue weighted by atomic mass is 9.93. The highest BCUT2D eigenvalue weighted by Crippen LogP contribution is 2.30. The highest BCUT2D eigenvalue weighted by Gasteiger charge is 2.28. The van der Waals surface area contributed by atoms with Crippen LogP contribution in [-0.4, -0.2) is 30.5 Å². The molecule has 36 heavy (non-hydrogen) atoms. The Kier molecular flexibility index (Phi) is 7.61. The Labute approximate surface area is 216 Å². The van der Waals surface area contributed by atoms with Crippen LogP contribution in [0.1, 0.15) is 61.0 Å². The molecule has 0 radical (unpaired) electrons. The van der Waals surface area contributed by atoms with Gasteiger partial charge in [0, 0.05) is 28.1 Å². The van der Waals surface area contributed by atoms with Crippen LogP contribution in [0.25, 0.3) is 0 Å². The van der Waals surface area contributed by atoms with E-state index in [2.05, 4.69) is 21.4 Å². The third kappa shape index (κ3) is 5.37. The third-order valence-electron chi connectivity index (χ3n) is 5.64. The number of halogens is 2. The molecule has 0 aliphatic heterocycles. The molecule has 1 aromatic heterocycles. The zero-order valence-electron chi connectivity index (χ0n) is 19.4. The molecule has 1 aliphatic rings. The van der Waals surface area contributed by atoms with Gasteiger partial charge in [0.15, 0.2) is 5.76 Å². The molecular formula is C25H22Cl2N4O5. The van der Waals surface area contributed by atoms with E-state index in [1.165, 1.54) is 18.2 Å². The maximum absolute atomic E-state index is 12.8. The van der Waals surface area contributed by atoms with Gasteiger partial charge in [-0.05, 0) is 62.2 Å². The van der Waals surface area contributed by atoms with Gasteiger partial charge in [-0.15, -0.1) is 0 Å². The summed E-state index contributed by atoms with van der Waals surface area (Å²) in [6.07, 6.45) is 1.95. The van der Waals surface area contributed by atoms with E-state index in [0.717, 1.165) is 6.42 Å². The number of hydrogen-bond acceptors (Lipinski definition) is 6. The number of rotatable bonds is 5. The molecule has 0 fully saturated rings. The summed E-state index contributed by atoms with van der Waals surface area (Å²) < 4.78 is 10.9. The lowest BCUT2D eigenvalue weighted by Crippen LogP contribution is -2.41. The van der Waals surface area contributed by atoms with Gasteiger partial charge in [0.2, 0.25) is 0 Å². The van der Waals surface area contributed by atoms with Crippen molar-refractivity contribution in [2.75, 3.05) is 7.11 Å². The molecule has 3 amide bonds. The van der Waals surface area contributed by atoms with Crippen molar-refractivity contribution in [3.63, 3.8) is 0 Å². The van der Waals surface area contributed by atoms with Crippen LogP contribution in [-0.2, 0) is 6.42 Å². The summed E-state index contributed by atoms with van der Waals surface area (Å²) in [7, 11) is 1.55. The second-order valence-corrected chi connectivity index (χ2v) is 8.81. The zero-order chi connectivity index (χ0) is 25.8. The Hall–Kier alpha value is -3.82. The van der Waals surface area contributed by atoms with Crippen LogP contribution in [0.4, 0.5) is 0 Å². The predicted molar refractivity (Wildman–Crippen MR) is 135 cm³/mol. The fourth-order valence-corrected chi connectivity index (χ4v) is 4.33. The van der Waals surface area contributed by atoms with E-state index in [-0.39, 0.29) is 22.3 Å². The standard InChI is InChI=1S/C25H22Cl2N4O5/c1-13-21-19(28-29-23(32)14-6-9-16(35-2)10-7-14)4-3-5-20(21)36-22(13)25(34)31-30-24(33)17-11-8-15(26)12-18(17)27/h6-12H,3-5H2,1-2H3,(H,29,32)(H,30,33)(H,31,34)/b28-19+. The molecule has 1 aliphatic carbocycles. The molecule has 1 heterocycles. The van der Waals surface area contributed by atoms with Gasteiger partial charge in [0.25, 0.3) is 11.8 Å². The third-order valence-corrected chi connectivity index (χ3v) is 6.19. The normalized spacial score (nSPS) is 13.6. The maximum atomic E-state index is 12.8. The van der Waals surface area contributed by atoms with Crippen molar-refractivity contribution in [1.29, 1.82) is 0 Å². The first kappa shape index (κ1) is 25.3. The molecule has 0 saturated heterocycles. The van der Waals surface area contributed by atoms with Crippen LogP contribution >= 0.6 is 23.2 Å². The summed E-state index contributed by atoms with van der Waals surface area (Å²) in [6, 6.07) is 11.0. The van der Waals surface area contributed by atoms with Crippen molar-refractivity contribution in [2.45, 2.75) is 26.2 Å². The van der Waals surface area contributed by atoms with Crippen molar-refractivity contribution >= 4 is 46.6 Å². The number of hydrazine groups is 1. The van der Waals surface area contributed by atoms with Crippen LogP contribution in [0, 0.1) is 6.92 Å². The molecule has 0 atom stereocenters. The molecule has 3 N–H and O–H groups in total. The monoisotopic (exact) mass is 528 g/mol. The number of hydrogen-bond donors (Lipinski definition) is 3. The number of carbonyl (C=O) groups excluding carboxylic acids is 3. The van der Waals surface area contributed by atoms with Crippen LogP contribution in [0.15, 0.2) is 52.0 Å². The largest absolute Gasteiger partial charge is 0.497 e. The average molecular weight is 529 g/mol. The highest BCUT2D eigenvalue weighted by atomic mass is 35.5. The number of carbonyl (C=O) groups is 3. The molecule has 0 bridgehead atoms. The molecule has 11 heteroatoms. The molecule has 3 aromatic rings. The Morgan fingerprint density at radius 1 is 0.972 bits per heavy atom. The minimum Gasteiger partial charge on any atom is -0.497 e. The van der Waals surface area contributed by atoms with E-state index in [9.17, 15) is 14.4 Å². The van der Waals surface area contributed by atoms with Crippen LogP contribution in [0.3, 0.4) is 0 Å². The van der Waals surface area contributed by atoms with Gasteiger partial charge in [-0.1, -0.05) is 23.2 Å². The summed E-state index contributed by atoms with van der Waals surface area (Å²) >= 11 is 11.9. The lowest BCUT2D eigenvalue weighted by Gasteiger charge is -2.13. The van der Waals surface area contributed by atoms with Crippen LogP contribution in [0.5, 0.6) is 5.75 Å². The molecule has 0 saturated carbocycles. The number of hydrazone groups is 1. The number of aryl methyl sites for hydroxylation is 1. The fourth-order valence-electron chi connectivity index (χ4n) is 3.83. The van der Waals surface area contributed by atoms with Crippen molar-refractivity contribution in [1.82, 2.24) is 16.3 Å². The number of benzene rings is 2. The molecule has 4 rings (SSSR count). The Bertz CT molecular complexity index is 1370. The maximum Gasteiger partial charge on any atom is 0.305 e. The molecule has 0 unspecified atom stereocenters. The fraction of sp³-hybridized carbons (Fsp3) is 0.200. The Balaban J connectivity index is 1.47. The number of amides is 3. The highest BCUT2D eigenvalue weighted by molar-refractivity contribution is 6.36. The Morgan fingerprint density at radius 2 is 1.69 bits per heavy atom. The summed E-state index contributed by atoms with van der Waals surface area (Å²) in [5, 5.41) is 4.84. The number of fused-ring (bicyclic) bond motifs is 1. The minimum absolute atomic E-state index is 0.0404. The smallest absolute Gasteiger partial charge is 0.305 e. The lowest BCUT2D eigenvalue weighted by molar-refractivity contribution is 0.0829. The first-order chi connectivity index (χ1) is 17.3. The van der Waals surface area contributed by atoms with E-state index >= 15 is 0 Å². The molecule has 9 nitrogen and oxygen atoms in total. The van der Waals surface area contributed by atoms with E-state index < -0.39 is 11.8 Å². The predicted octanol–water partition coefficient (Wildman–Crippen LogP) is 4.45. The van der Waals surface area contributed by atoms with E-state index in [1.807, 2.05) is 0 Å². The topological polar surface area (TPSA) is 122 Å². The molecule has 2 aromatic carbocycles. The van der Waals surface area contributed by atoms with Gasteiger partial charge >= 0.3 is 5.91 Å². The number of nitrogens with zero attached hydrogens (tertiary/aromatic N) is 1. The number of ether oxygens (including phenoxy) is 1. The molecular weight excluding hydrogens is 507 g/mol. The minimum atomic E-state index is -0.637. The summed E-state index contributed by atoms with van der Waals surface area (Å²) in [5.41, 5.74) is 9.64. The van der Waals surface area contributed by atoms with Gasteiger partial charge < -0.3 is 9.15 Å². The zero-order valence-corrected chi connectivity index (χ0v) is 20.9. The van der Waals surface area contributed by atoms with Crippen LogP contribution in [0.2, 0.25) is 10.0 Å². The van der Waals surface area contributed by atoms with E-state index in [0.29, 0.717) is 51.8 Å². The first-order valence-electron chi connectivity index (χ1n) is 11.0. The van der Waals surface area contributed by atoms with Crippen molar-refractivity contribution < 1.29 is 23.5 Å². The number of furan rings is 1. The SMILES string of the molecule is COc1ccc(C(=O)N/N=C2\CCCc3oc(C(=O)NNC(=O)c4ccc(Cl)cc4Cl)c(C)c32)cc1. The quantitative estimate of drug-likeness (QED) is 0.422. The van der Waals surface area contributed by atoms with Crippen molar-refractivity contribution in [3.8, 4) is 5.75 Å².